The van der Waals surface area contributed by atoms with E-state index < -0.39 is 12.1 Å². The number of aryl methyl sites for hydroxylation is 1. The fraction of sp³-hybridized carbons (Fsp3) is 0.909. The zero-order valence-corrected chi connectivity index (χ0v) is 33.1. The van der Waals surface area contributed by atoms with Crippen LogP contribution < -0.4 is 0 Å². The molecule has 0 saturated heterocycles. The molecule has 5 heteroatoms. The predicted octanol–water partition coefficient (Wildman–Crippen LogP) is 13.6. The number of allylic oxidation sites excluding steroid dienone is 1. The zero-order valence-electron chi connectivity index (χ0n) is 33.1. The van der Waals surface area contributed by atoms with Crippen molar-refractivity contribution in [2.45, 2.75) is 251 Å². The van der Waals surface area contributed by atoms with Crippen molar-refractivity contribution >= 4 is 0 Å². The van der Waals surface area contributed by atoms with Gasteiger partial charge in [-0.15, -0.1) is 5.10 Å². The molecule has 0 aliphatic heterocycles. The summed E-state index contributed by atoms with van der Waals surface area (Å²) in [5.74, 6) is 0. The van der Waals surface area contributed by atoms with Crippen molar-refractivity contribution in [1.29, 1.82) is 0 Å². The Labute approximate surface area is 305 Å². The number of rotatable bonds is 39. The Morgan fingerprint density at radius 1 is 0.531 bits per heavy atom. The van der Waals surface area contributed by atoms with Crippen LogP contribution in [-0.2, 0) is 6.42 Å². The minimum atomic E-state index is -0.748. The van der Waals surface area contributed by atoms with E-state index >= 15 is 0 Å². The molecule has 288 valence electrons. The molecule has 1 aromatic rings. The molecule has 0 amide bonds. The maximum atomic E-state index is 10.7. The van der Waals surface area contributed by atoms with E-state index in [1.165, 1.54) is 199 Å². The van der Waals surface area contributed by atoms with Gasteiger partial charge in [0.15, 0.2) is 0 Å². The molecule has 0 aromatic carbocycles. The SMILES string of the molecule is CCCCCCCCCCCCC/C=C/[C@@H](O)[C@H](CO)n1cc(CCCCCCCCCCCCCCCCCCCCCCCC)nn1. The summed E-state index contributed by atoms with van der Waals surface area (Å²) in [7, 11) is 0. The van der Waals surface area contributed by atoms with E-state index in [0.717, 1.165) is 31.4 Å². The van der Waals surface area contributed by atoms with E-state index in [9.17, 15) is 10.2 Å². The monoisotopic (exact) mass is 688 g/mol. The quantitative estimate of drug-likeness (QED) is 0.0534. The molecule has 0 unspecified atom stereocenters. The summed E-state index contributed by atoms with van der Waals surface area (Å²) >= 11 is 0. The van der Waals surface area contributed by atoms with Crippen molar-refractivity contribution in [2.75, 3.05) is 6.61 Å². The Hall–Kier alpha value is -1.20. The number of aliphatic hydroxyl groups excluding tert-OH is 2. The van der Waals surface area contributed by atoms with E-state index in [-0.39, 0.29) is 6.61 Å². The molecular weight excluding hydrogens is 603 g/mol. The summed E-state index contributed by atoms with van der Waals surface area (Å²) in [6, 6.07) is -0.473. The van der Waals surface area contributed by atoms with Crippen LogP contribution in [0.5, 0.6) is 0 Å². The Balaban J connectivity index is 1.94. The highest BCUT2D eigenvalue weighted by atomic mass is 16.3. The largest absolute Gasteiger partial charge is 0.394 e. The first kappa shape index (κ1) is 45.8. The number of unbranched alkanes of at least 4 members (excludes halogenated alkanes) is 32. The smallest absolute Gasteiger partial charge is 0.106 e. The van der Waals surface area contributed by atoms with Gasteiger partial charge in [0.05, 0.1) is 18.4 Å². The molecule has 2 N–H and O–H groups in total. The average molecular weight is 688 g/mol. The molecule has 1 heterocycles. The number of hydrogen-bond donors (Lipinski definition) is 2. The van der Waals surface area contributed by atoms with Crippen LogP contribution in [0.4, 0.5) is 0 Å². The van der Waals surface area contributed by atoms with Gasteiger partial charge in [-0.25, -0.2) is 4.68 Å². The Kier molecular flexibility index (Phi) is 34.2. The third-order valence-corrected chi connectivity index (χ3v) is 10.6. The van der Waals surface area contributed by atoms with Crippen LogP contribution in [0.15, 0.2) is 18.3 Å². The maximum absolute atomic E-state index is 10.7. The van der Waals surface area contributed by atoms with Gasteiger partial charge in [-0.1, -0.05) is 230 Å². The summed E-state index contributed by atoms with van der Waals surface area (Å²) in [4.78, 5) is 0. The number of hydrogen-bond acceptors (Lipinski definition) is 4. The molecular formula is C44H85N3O2. The Bertz CT molecular complexity index is 810. The van der Waals surface area contributed by atoms with Crippen LogP contribution in [0.3, 0.4) is 0 Å². The van der Waals surface area contributed by atoms with Gasteiger partial charge < -0.3 is 10.2 Å². The topological polar surface area (TPSA) is 71.2 Å². The minimum absolute atomic E-state index is 0.147. The van der Waals surface area contributed by atoms with Crippen molar-refractivity contribution in [1.82, 2.24) is 15.0 Å². The van der Waals surface area contributed by atoms with Crippen LogP contribution in [0.25, 0.3) is 0 Å². The zero-order chi connectivity index (χ0) is 35.3. The highest BCUT2D eigenvalue weighted by Gasteiger charge is 2.19. The Morgan fingerprint density at radius 2 is 0.878 bits per heavy atom. The van der Waals surface area contributed by atoms with Crippen molar-refractivity contribution in [3.63, 3.8) is 0 Å². The fourth-order valence-electron chi connectivity index (χ4n) is 7.14. The second-order valence-electron chi connectivity index (χ2n) is 15.4. The van der Waals surface area contributed by atoms with Crippen LogP contribution in [0.2, 0.25) is 0 Å². The minimum Gasteiger partial charge on any atom is -0.394 e. The molecule has 5 nitrogen and oxygen atoms in total. The van der Waals surface area contributed by atoms with Crippen molar-refractivity contribution < 1.29 is 10.2 Å². The highest BCUT2D eigenvalue weighted by molar-refractivity contribution is 4.98. The van der Waals surface area contributed by atoms with Gasteiger partial charge in [0, 0.05) is 6.20 Å². The predicted molar refractivity (Wildman–Crippen MR) is 213 cm³/mol. The molecule has 1 rings (SSSR count). The van der Waals surface area contributed by atoms with Gasteiger partial charge in [0.25, 0.3) is 0 Å². The van der Waals surface area contributed by atoms with Gasteiger partial charge in [0.1, 0.15) is 6.04 Å². The molecule has 1 aromatic heterocycles. The molecule has 0 aliphatic rings. The van der Waals surface area contributed by atoms with E-state index in [1.54, 1.807) is 4.68 Å². The van der Waals surface area contributed by atoms with E-state index in [2.05, 4.69) is 30.2 Å². The summed E-state index contributed by atoms with van der Waals surface area (Å²) < 4.78 is 1.66. The van der Waals surface area contributed by atoms with Crippen molar-refractivity contribution in [2.24, 2.45) is 0 Å². The molecule has 0 aliphatic carbocycles. The standard InChI is InChI=1S/C44H85N3O2/c1-3-5-7-9-11-13-15-17-18-19-20-21-22-23-24-25-27-28-30-32-34-36-38-42-40-47(46-45-42)43(41-48)44(49)39-37-35-33-31-29-26-16-14-12-10-8-6-4-2/h37,39-40,43-44,48-49H,3-36,38,41H2,1-2H3/b39-37+/t43-,44+/m0/s1. The van der Waals surface area contributed by atoms with E-state index in [0.29, 0.717) is 0 Å². The molecule has 49 heavy (non-hydrogen) atoms. The molecule has 0 fully saturated rings. The van der Waals surface area contributed by atoms with Crippen molar-refractivity contribution in [3.8, 4) is 0 Å². The molecule has 2 atom stereocenters. The highest BCUT2D eigenvalue weighted by Crippen LogP contribution is 2.18. The average Bonchev–Trinajstić information content (AvgIpc) is 3.57. The summed E-state index contributed by atoms with van der Waals surface area (Å²) in [5, 5.41) is 29.2. The fourth-order valence-corrected chi connectivity index (χ4v) is 7.14. The second kappa shape index (κ2) is 36.6. The van der Waals surface area contributed by atoms with Gasteiger partial charge in [0.2, 0.25) is 0 Å². The van der Waals surface area contributed by atoms with Crippen molar-refractivity contribution in [3.05, 3.63) is 24.0 Å². The third kappa shape index (κ3) is 29.1. The first-order valence-corrected chi connectivity index (χ1v) is 22.1. The lowest BCUT2D eigenvalue weighted by Crippen LogP contribution is -2.26. The third-order valence-electron chi connectivity index (χ3n) is 10.6. The molecule has 0 bridgehead atoms. The Morgan fingerprint density at radius 3 is 1.24 bits per heavy atom. The lowest BCUT2D eigenvalue weighted by atomic mass is 10.0. The lowest BCUT2D eigenvalue weighted by Gasteiger charge is -2.17. The van der Waals surface area contributed by atoms with Crippen LogP contribution in [0.1, 0.15) is 244 Å². The van der Waals surface area contributed by atoms with Crippen LogP contribution in [-0.4, -0.2) is 37.9 Å². The normalized spacial score (nSPS) is 13.1. The first-order valence-electron chi connectivity index (χ1n) is 22.1. The lowest BCUT2D eigenvalue weighted by molar-refractivity contribution is 0.0974. The molecule has 0 spiro atoms. The van der Waals surface area contributed by atoms with Crippen LogP contribution in [0, 0.1) is 0 Å². The van der Waals surface area contributed by atoms with Crippen LogP contribution >= 0.6 is 0 Å². The molecule has 0 saturated carbocycles. The summed E-state index contributed by atoms with van der Waals surface area (Å²) in [6.07, 6.45) is 52.6. The van der Waals surface area contributed by atoms with Gasteiger partial charge in [-0.3, -0.25) is 0 Å². The first-order chi connectivity index (χ1) is 24.2. The number of nitrogens with zero attached hydrogens (tertiary/aromatic N) is 3. The summed E-state index contributed by atoms with van der Waals surface area (Å²) in [6.45, 7) is 4.43. The maximum Gasteiger partial charge on any atom is 0.106 e. The molecule has 0 radical (unpaired) electrons. The van der Waals surface area contributed by atoms with Gasteiger partial charge >= 0.3 is 0 Å². The van der Waals surface area contributed by atoms with E-state index in [4.69, 9.17) is 0 Å². The van der Waals surface area contributed by atoms with E-state index in [1.807, 2.05) is 12.3 Å². The van der Waals surface area contributed by atoms with Gasteiger partial charge in [-0.2, -0.15) is 0 Å². The second-order valence-corrected chi connectivity index (χ2v) is 15.4. The number of aliphatic hydroxyl groups is 2. The number of aromatic nitrogens is 3. The summed E-state index contributed by atoms with van der Waals surface area (Å²) in [5.41, 5.74) is 0.962. The van der Waals surface area contributed by atoms with Gasteiger partial charge in [-0.05, 0) is 25.7 Å².